The third-order valence-corrected chi connectivity index (χ3v) is 4.23. The van der Waals surface area contributed by atoms with Crippen molar-refractivity contribution >= 4 is 11.6 Å². The Balaban J connectivity index is 1.68. The molecule has 1 aromatic heterocycles. The van der Waals surface area contributed by atoms with Crippen molar-refractivity contribution in [2.75, 3.05) is 18.8 Å². The molecule has 3 heterocycles. The number of carbonyl (C=O) groups excluding carboxylic acids is 1. The zero-order valence-corrected chi connectivity index (χ0v) is 11.0. The predicted molar refractivity (Wildman–Crippen MR) is 73.7 cm³/mol. The number of carbonyl (C=O) groups is 1. The average molecular weight is 260 g/mol. The van der Waals surface area contributed by atoms with Gasteiger partial charge in [0.15, 0.2) is 5.69 Å². The van der Waals surface area contributed by atoms with Crippen molar-refractivity contribution in [3.8, 4) is 0 Å². The molecule has 0 aromatic carbocycles. The number of piperidine rings is 1. The summed E-state index contributed by atoms with van der Waals surface area (Å²) in [7, 11) is 0. The van der Waals surface area contributed by atoms with Gasteiger partial charge < -0.3 is 11.1 Å². The molecule has 5 heteroatoms. The van der Waals surface area contributed by atoms with Crippen molar-refractivity contribution in [2.45, 2.75) is 37.8 Å². The fourth-order valence-corrected chi connectivity index (χ4v) is 3.26. The van der Waals surface area contributed by atoms with E-state index in [4.69, 9.17) is 5.73 Å². The van der Waals surface area contributed by atoms with Crippen LogP contribution in [0.25, 0.3) is 0 Å². The van der Waals surface area contributed by atoms with E-state index >= 15 is 0 Å². The van der Waals surface area contributed by atoms with Gasteiger partial charge >= 0.3 is 0 Å². The number of nitrogen functional groups attached to an aromatic ring is 1. The van der Waals surface area contributed by atoms with Gasteiger partial charge in [-0.3, -0.25) is 9.69 Å². The van der Waals surface area contributed by atoms with Gasteiger partial charge in [-0.25, -0.2) is 4.98 Å². The molecule has 2 fully saturated rings. The number of amides is 1. The van der Waals surface area contributed by atoms with Crippen LogP contribution in [0.15, 0.2) is 18.3 Å². The largest absolute Gasteiger partial charge is 0.397 e. The summed E-state index contributed by atoms with van der Waals surface area (Å²) in [6.07, 6.45) is 6.36. The van der Waals surface area contributed by atoms with E-state index in [2.05, 4.69) is 15.2 Å². The molecule has 19 heavy (non-hydrogen) atoms. The van der Waals surface area contributed by atoms with Crippen LogP contribution in [0.5, 0.6) is 0 Å². The van der Waals surface area contributed by atoms with Crippen LogP contribution in [-0.4, -0.2) is 41.0 Å². The first-order valence-electron chi connectivity index (χ1n) is 7.01. The summed E-state index contributed by atoms with van der Waals surface area (Å²) in [5.74, 6) is -0.143. The highest BCUT2D eigenvalue weighted by atomic mass is 16.2. The van der Waals surface area contributed by atoms with Crippen LogP contribution in [0.4, 0.5) is 5.69 Å². The quantitative estimate of drug-likeness (QED) is 0.833. The van der Waals surface area contributed by atoms with E-state index in [9.17, 15) is 4.79 Å². The summed E-state index contributed by atoms with van der Waals surface area (Å²) in [4.78, 5) is 18.8. The maximum atomic E-state index is 12.2. The summed E-state index contributed by atoms with van der Waals surface area (Å²) in [6, 6.07) is 4.20. The number of aromatic nitrogens is 1. The predicted octanol–water partition coefficient (Wildman–Crippen LogP) is 1.02. The first-order chi connectivity index (χ1) is 9.25. The van der Waals surface area contributed by atoms with E-state index in [-0.39, 0.29) is 11.9 Å². The number of rotatable bonds is 2. The normalized spacial score (nSPS) is 26.9. The zero-order chi connectivity index (χ0) is 13.2. The lowest BCUT2D eigenvalue weighted by Gasteiger charge is -2.32. The van der Waals surface area contributed by atoms with Gasteiger partial charge in [0.25, 0.3) is 5.91 Å². The molecule has 2 unspecified atom stereocenters. The van der Waals surface area contributed by atoms with Gasteiger partial charge in [-0.15, -0.1) is 0 Å². The Kier molecular flexibility index (Phi) is 3.38. The highest BCUT2D eigenvalue weighted by Gasteiger charge is 2.36. The molecule has 5 nitrogen and oxygen atoms in total. The lowest BCUT2D eigenvalue weighted by molar-refractivity contribution is 0.0911. The third kappa shape index (κ3) is 2.42. The van der Waals surface area contributed by atoms with Gasteiger partial charge in [0.2, 0.25) is 0 Å². The number of nitrogens with zero attached hydrogens (tertiary/aromatic N) is 2. The maximum Gasteiger partial charge on any atom is 0.272 e. The van der Waals surface area contributed by atoms with Crippen LogP contribution in [-0.2, 0) is 0 Å². The summed E-state index contributed by atoms with van der Waals surface area (Å²) >= 11 is 0. The molecule has 2 atom stereocenters. The SMILES string of the molecule is Nc1cccnc1C(=O)NC1CCN2CCCCC12. The second-order valence-electron chi connectivity index (χ2n) is 5.41. The van der Waals surface area contributed by atoms with Gasteiger partial charge in [0.1, 0.15) is 0 Å². The Bertz CT molecular complexity index is 476. The lowest BCUT2D eigenvalue weighted by Crippen LogP contribution is -2.47. The molecule has 0 saturated carbocycles. The lowest BCUT2D eigenvalue weighted by atomic mass is 9.99. The molecule has 102 valence electrons. The number of pyridine rings is 1. The second-order valence-corrected chi connectivity index (χ2v) is 5.41. The molecule has 0 spiro atoms. The fraction of sp³-hybridized carbons (Fsp3) is 0.571. The summed E-state index contributed by atoms with van der Waals surface area (Å²) in [5, 5.41) is 3.11. The minimum atomic E-state index is -0.143. The maximum absolute atomic E-state index is 12.2. The van der Waals surface area contributed by atoms with Crippen molar-refractivity contribution in [2.24, 2.45) is 0 Å². The van der Waals surface area contributed by atoms with Gasteiger partial charge in [0, 0.05) is 24.8 Å². The van der Waals surface area contributed by atoms with E-state index in [0.717, 1.165) is 13.0 Å². The first-order valence-corrected chi connectivity index (χ1v) is 7.01. The Labute approximate surface area is 113 Å². The van der Waals surface area contributed by atoms with E-state index in [1.165, 1.54) is 25.8 Å². The molecule has 3 N–H and O–H groups in total. The number of hydrogen-bond acceptors (Lipinski definition) is 4. The van der Waals surface area contributed by atoms with Gasteiger partial charge in [-0.1, -0.05) is 6.42 Å². The summed E-state index contributed by atoms with van der Waals surface area (Å²) in [5.41, 5.74) is 6.58. The van der Waals surface area contributed by atoms with Gasteiger partial charge in [-0.05, 0) is 37.9 Å². The van der Waals surface area contributed by atoms with Crippen LogP contribution in [0.2, 0.25) is 0 Å². The first kappa shape index (κ1) is 12.4. The molecular weight excluding hydrogens is 240 g/mol. The third-order valence-electron chi connectivity index (χ3n) is 4.23. The standard InChI is InChI=1S/C14H20N4O/c15-10-4-3-7-16-13(10)14(19)17-11-6-9-18-8-2-1-5-12(11)18/h3-4,7,11-12H,1-2,5-6,8-9,15H2,(H,17,19). The Morgan fingerprint density at radius 3 is 3.11 bits per heavy atom. The second kappa shape index (κ2) is 5.17. The van der Waals surface area contributed by atoms with E-state index in [1.54, 1.807) is 18.3 Å². The molecule has 2 aliphatic heterocycles. The Morgan fingerprint density at radius 1 is 1.37 bits per heavy atom. The van der Waals surface area contributed by atoms with Crippen molar-refractivity contribution in [1.29, 1.82) is 0 Å². The average Bonchev–Trinajstić information content (AvgIpc) is 2.83. The van der Waals surface area contributed by atoms with Crippen molar-refractivity contribution < 1.29 is 4.79 Å². The molecule has 0 radical (unpaired) electrons. The number of anilines is 1. The van der Waals surface area contributed by atoms with E-state index in [0.29, 0.717) is 17.4 Å². The van der Waals surface area contributed by atoms with Crippen molar-refractivity contribution in [3.63, 3.8) is 0 Å². The van der Waals surface area contributed by atoms with E-state index < -0.39 is 0 Å². The van der Waals surface area contributed by atoms with Gasteiger partial charge in [0.05, 0.1) is 5.69 Å². The zero-order valence-electron chi connectivity index (χ0n) is 11.0. The number of nitrogens with one attached hydrogen (secondary N) is 1. The van der Waals surface area contributed by atoms with Crippen molar-refractivity contribution in [3.05, 3.63) is 24.0 Å². The van der Waals surface area contributed by atoms with Crippen LogP contribution in [0, 0.1) is 0 Å². The number of fused-ring (bicyclic) bond motifs is 1. The molecular formula is C14H20N4O. The fourth-order valence-electron chi connectivity index (χ4n) is 3.26. The highest BCUT2D eigenvalue weighted by molar-refractivity contribution is 5.97. The molecule has 2 saturated heterocycles. The monoisotopic (exact) mass is 260 g/mol. The van der Waals surface area contributed by atoms with Gasteiger partial charge in [-0.2, -0.15) is 0 Å². The minimum absolute atomic E-state index is 0.143. The van der Waals surface area contributed by atoms with Crippen LogP contribution in [0.3, 0.4) is 0 Å². The van der Waals surface area contributed by atoms with Crippen molar-refractivity contribution in [1.82, 2.24) is 15.2 Å². The molecule has 3 rings (SSSR count). The number of hydrogen-bond donors (Lipinski definition) is 2. The van der Waals surface area contributed by atoms with Crippen LogP contribution in [0.1, 0.15) is 36.2 Å². The van der Waals surface area contributed by atoms with Crippen LogP contribution < -0.4 is 11.1 Å². The topological polar surface area (TPSA) is 71.2 Å². The molecule has 1 aromatic rings. The number of nitrogens with two attached hydrogens (primary N) is 1. The Hall–Kier alpha value is -1.62. The minimum Gasteiger partial charge on any atom is -0.397 e. The molecule has 0 aliphatic carbocycles. The smallest absolute Gasteiger partial charge is 0.272 e. The molecule has 1 amide bonds. The highest BCUT2D eigenvalue weighted by Crippen LogP contribution is 2.27. The Morgan fingerprint density at radius 2 is 2.26 bits per heavy atom. The molecule has 2 aliphatic rings. The van der Waals surface area contributed by atoms with Crippen LogP contribution >= 0.6 is 0 Å². The summed E-state index contributed by atoms with van der Waals surface area (Å²) < 4.78 is 0. The van der Waals surface area contributed by atoms with E-state index in [1.807, 2.05) is 0 Å². The summed E-state index contributed by atoms with van der Waals surface area (Å²) in [6.45, 7) is 2.26. The molecule has 0 bridgehead atoms.